The van der Waals surface area contributed by atoms with Crippen LogP contribution < -0.4 is 20.7 Å². The summed E-state index contributed by atoms with van der Waals surface area (Å²) in [7, 11) is 0. The number of rotatable bonds is 7. The number of para-hydroxylation sites is 1. The van der Waals surface area contributed by atoms with Crippen LogP contribution in [0, 0.1) is 5.82 Å². The van der Waals surface area contributed by atoms with Crippen molar-refractivity contribution in [2.75, 3.05) is 6.61 Å². The van der Waals surface area contributed by atoms with Gasteiger partial charge >= 0.3 is 5.69 Å². The summed E-state index contributed by atoms with van der Waals surface area (Å²) in [6.07, 6.45) is 1.37. The van der Waals surface area contributed by atoms with E-state index in [1.807, 2.05) is 6.92 Å². The van der Waals surface area contributed by atoms with Crippen molar-refractivity contribution in [1.82, 2.24) is 9.66 Å². The number of ether oxygens (including phenoxy) is 2. The summed E-state index contributed by atoms with van der Waals surface area (Å²) in [5.41, 5.74) is 0.223. The summed E-state index contributed by atoms with van der Waals surface area (Å²) in [4.78, 5) is 27.6. The highest BCUT2D eigenvalue weighted by molar-refractivity contribution is 9.10. The van der Waals surface area contributed by atoms with Gasteiger partial charge in [0.25, 0.3) is 5.56 Å². The largest absolute Gasteiger partial charge is 0.490 e. The maximum absolute atomic E-state index is 13.9. The summed E-state index contributed by atoms with van der Waals surface area (Å²) in [6, 6.07) is 16.4. The first-order chi connectivity index (χ1) is 16.0. The average molecular weight is 512 g/mol. The number of halogens is 2. The zero-order valence-corrected chi connectivity index (χ0v) is 19.1. The Hall–Kier alpha value is -3.72. The zero-order valence-electron chi connectivity index (χ0n) is 17.5. The number of nitrogens with one attached hydrogen (secondary N) is 1. The molecule has 9 heteroatoms. The van der Waals surface area contributed by atoms with Crippen LogP contribution in [0.4, 0.5) is 4.39 Å². The summed E-state index contributed by atoms with van der Waals surface area (Å²) in [6.45, 7) is 2.22. The van der Waals surface area contributed by atoms with E-state index in [2.05, 4.69) is 26.0 Å². The van der Waals surface area contributed by atoms with Crippen molar-refractivity contribution in [2.24, 2.45) is 5.10 Å². The third-order valence-electron chi connectivity index (χ3n) is 4.80. The van der Waals surface area contributed by atoms with E-state index in [1.54, 1.807) is 54.6 Å². The Labute approximate surface area is 196 Å². The third-order valence-corrected chi connectivity index (χ3v) is 5.49. The molecule has 4 aromatic rings. The molecular formula is C24H19BrFN3O4. The van der Waals surface area contributed by atoms with E-state index < -0.39 is 11.2 Å². The number of hydrogen-bond donors (Lipinski definition) is 1. The van der Waals surface area contributed by atoms with Crippen molar-refractivity contribution < 1.29 is 13.9 Å². The van der Waals surface area contributed by atoms with Crippen molar-refractivity contribution >= 4 is 33.0 Å². The number of fused-ring (bicyclic) bond motifs is 1. The normalized spacial score (nSPS) is 11.2. The maximum atomic E-state index is 13.9. The second kappa shape index (κ2) is 9.83. The van der Waals surface area contributed by atoms with Gasteiger partial charge in [-0.05, 0) is 53.2 Å². The summed E-state index contributed by atoms with van der Waals surface area (Å²) in [5, 5.41) is 4.43. The van der Waals surface area contributed by atoms with Crippen LogP contribution in [-0.4, -0.2) is 22.5 Å². The van der Waals surface area contributed by atoms with Gasteiger partial charge in [-0.1, -0.05) is 30.3 Å². The Morgan fingerprint density at radius 2 is 1.79 bits per heavy atom. The van der Waals surface area contributed by atoms with Gasteiger partial charge in [0, 0.05) is 15.6 Å². The van der Waals surface area contributed by atoms with E-state index in [0.29, 0.717) is 44.6 Å². The molecule has 0 fully saturated rings. The first-order valence-electron chi connectivity index (χ1n) is 10.1. The van der Waals surface area contributed by atoms with Crippen LogP contribution in [0.1, 0.15) is 18.1 Å². The van der Waals surface area contributed by atoms with Gasteiger partial charge in [0.15, 0.2) is 11.5 Å². The fraction of sp³-hybridized carbons (Fsp3) is 0.125. The Bertz CT molecular complexity index is 1460. The minimum atomic E-state index is -0.652. The molecule has 0 atom stereocenters. The molecular weight excluding hydrogens is 493 g/mol. The third kappa shape index (κ3) is 4.88. The molecule has 1 N–H and O–H groups in total. The molecule has 0 unspecified atom stereocenters. The molecule has 0 amide bonds. The van der Waals surface area contributed by atoms with Crippen LogP contribution in [0.2, 0.25) is 0 Å². The molecule has 1 aromatic heterocycles. The van der Waals surface area contributed by atoms with Crippen molar-refractivity contribution in [2.45, 2.75) is 13.5 Å². The minimum Gasteiger partial charge on any atom is -0.490 e. The quantitative estimate of drug-likeness (QED) is 0.371. The van der Waals surface area contributed by atoms with Crippen LogP contribution in [-0.2, 0) is 6.61 Å². The van der Waals surface area contributed by atoms with Gasteiger partial charge in [-0.3, -0.25) is 4.79 Å². The summed E-state index contributed by atoms with van der Waals surface area (Å²) < 4.78 is 26.7. The van der Waals surface area contributed by atoms with Crippen LogP contribution in [0.25, 0.3) is 10.9 Å². The monoisotopic (exact) mass is 511 g/mol. The van der Waals surface area contributed by atoms with Crippen molar-refractivity contribution in [1.29, 1.82) is 0 Å². The smallest absolute Gasteiger partial charge is 0.349 e. The fourth-order valence-electron chi connectivity index (χ4n) is 3.18. The van der Waals surface area contributed by atoms with Crippen LogP contribution in [0.3, 0.4) is 0 Å². The number of aromatic amines is 1. The van der Waals surface area contributed by atoms with E-state index in [9.17, 15) is 14.0 Å². The maximum Gasteiger partial charge on any atom is 0.349 e. The van der Waals surface area contributed by atoms with Crippen molar-refractivity contribution in [3.8, 4) is 11.5 Å². The predicted octanol–water partition coefficient (Wildman–Crippen LogP) is 4.45. The fourth-order valence-corrected chi connectivity index (χ4v) is 3.60. The van der Waals surface area contributed by atoms with E-state index in [1.165, 1.54) is 12.3 Å². The molecule has 0 radical (unpaired) electrons. The van der Waals surface area contributed by atoms with Gasteiger partial charge in [-0.2, -0.15) is 5.10 Å². The van der Waals surface area contributed by atoms with Crippen LogP contribution in [0.5, 0.6) is 11.5 Å². The molecule has 0 aliphatic rings. The molecule has 33 heavy (non-hydrogen) atoms. The van der Waals surface area contributed by atoms with Gasteiger partial charge in [0.1, 0.15) is 12.4 Å². The first kappa shape index (κ1) is 22.5. The number of nitrogens with zero attached hydrogens (tertiary/aromatic N) is 2. The first-order valence-corrected chi connectivity index (χ1v) is 10.9. The molecule has 0 saturated carbocycles. The minimum absolute atomic E-state index is 0.0223. The SMILES string of the molecule is CCOc1cc(C=Nn2c(=O)[nH]c3ccccc3c2=O)c(Br)cc1OCc1ccccc1F. The van der Waals surface area contributed by atoms with Crippen molar-refractivity contribution in [3.63, 3.8) is 0 Å². The molecule has 0 bridgehead atoms. The number of hydrogen-bond acceptors (Lipinski definition) is 5. The lowest BCUT2D eigenvalue weighted by Crippen LogP contribution is -2.32. The molecule has 0 aliphatic carbocycles. The Morgan fingerprint density at radius 3 is 2.58 bits per heavy atom. The Kier molecular flexibility index (Phi) is 6.69. The van der Waals surface area contributed by atoms with Gasteiger partial charge in [-0.15, -0.1) is 4.68 Å². The topological polar surface area (TPSA) is 85.7 Å². The molecule has 1 heterocycles. The Morgan fingerprint density at radius 1 is 1.06 bits per heavy atom. The van der Waals surface area contributed by atoms with Gasteiger partial charge in [0.05, 0.1) is 23.7 Å². The second-order valence-corrected chi connectivity index (χ2v) is 7.83. The van der Waals surface area contributed by atoms with E-state index in [0.717, 1.165) is 4.68 Å². The standard InChI is InChI=1S/C24H19BrFN3O4/c1-2-32-21-11-16(18(25)12-22(21)33-14-15-7-3-5-9-19(15)26)13-27-29-23(30)17-8-4-6-10-20(17)28-24(29)31/h3-13H,2,14H2,1H3,(H,28,31). The highest BCUT2D eigenvalue weighted by Gasteiger charge is 2.12. The average Bonchev–Trinajstić information content (AvgIpc) is 2.80. The lowest BCUT2D eigenvalue weighted by atomic mass is 10.2. The zero-order chi connectivity index (χ0) is 23.4. The lowest BCUT2D eigenvalue weighted by molar-refractivity contribution is 0.265. The van der Waals surface area contributed by atoms with E-state index in [4.69, 9.17) is 9.47 Å². The summed E-state index contributed by atoms with van der Waals surface area (Å²) in [5.74, 6) is 0.465. The molecule has 0 saturated heterocycles. The molecule has 0 aliphatic heterocycles. The molecule has 168 valence electrons. The van der Waals surface area contributed by atoms with Gasteiger partial charge in [-0.25, -0.2) is 9.18 Å². The van der Waals surface area contributed by atoms with Crippen LogP contribution >= 0.6 is 15.9 Å². The highest BCUT2D eigenvalue weighted by Crippen LogP contribution is 2.34. The molecule has 0 spiro atoms. The van der Waals surface area contributed by atoms with E-state index in [-0.39, 0.29) is 12.4 Å². The van der Waals surface area contributed by atoms with E-state index >= 15 is 0 Å². The Balaban J connectivity index is 1.66. The molecule has 3 aromatic carbocycles. The number of H-pyrrole nitrogens is 1. The predicted molar refractivity (Wildman–Crippen MR) is 128 cm³/mol. The second-order valence-electron chi connectivity index (χ2n) is 6.97. The van der Waals surface area contributed by atoms with Crippen molar-refractivity contribution in [3.05, 3.63) is 103 Å². The lowest BCUT2D eigenvalue weighted by Gasteiger charge is -2.14. The number of aromatic nitrogens is 2. The summed E-state index contributed by atoms with van der Waals surface area (Å²) >= 11 is 3.45. The van der Waals surface area contributed by atoms with Crippen LogP contribution in [0.15, 0.2) is 79.8 Å². The molecule has 4 rings (SSSR count). The molecule has 7 nitrogen and oxygen atoms in total. The van der Waals surface area contributed by atoms with Gasteiger partial charge in [0.2, 0.25) is 0 Å². The highest BCUT2D eigenvalue weighted by atomic mass is 79.9. The van der Waals surface area contributed by atoms with Gasteiger partial charge < -0.3 is 14.5 Å². The number of benzene rings is 3.